The first-order valence-corrected chi connectivity index (χ1v) is 9.30. The smallest absolute Gasteiger partial charge is 0.406 e. The van der Waals surface area contributed by atoms with Crippen LogP contribution in [0.1, 0.15) is 26.6 Å². The van der Waals surface area contributed by atoms with Crippen LogP contribution < -0.4 is 4.74 Å². The van der Waals surface area contributed by atoms with Crippen molar-refractivity contribution in [3.05, 3.63) is 73.9 Å². The zero-order chi connectivity index (χ0) is 19.4. The van der Waals surface area contributed by atoms with Crippen molar-refractivity contribution in [2.45, 2.75) is 26.8 Å². The van der Waals surface area contributed by atoms with E-state index >= 15 is 0 Å². The van der Waals surface area contributed by atoms with Crippen LogP contribution in [0.5, 0.6) is 5.75 Å². The van der Waals surface area contributed by atoms with E-state index in [9.17, 15) is 14.9 Å². The van der Waals surface area contributed by atoms with Gasteiger partial charge in [-0.25, -0.2) is 0 Å². The number of nitro groups is 1. The zero-order valence-corrected chi connectivity index (χ0v) is 15.9. The van der Waals surface area contributed by atoms with Crippen LogP contribution >= 0.6 is 11.3 Å². The molecule has 0 N–H and O–H groups in total. The first-order chi connectivity index (χ1) is 13.0. The number of pyridine rings is 1. The van der Waals surface area contributed by atoms with Gasteiger partial charge in [-0.05, 0) is 59.8 Å². The van der Waals surface area contributed by atoms with Gasteiger partial charge in [0.05, 0.1) is 0 Å². The van der Waals surface area contributed by atoms with Gasteiger partial charge in [-0.2, -0.15) is 0 Å². The van der Waals surface area contributed by atoms with E-state index in [2.05, 4.69) is 21.0 Å². The fourth-order valence-electron chi connectivity index (χ4n) is 2.96. The quantitative estimate of drug-likeness (QED) is 0.333. The molecule has 0 aromatic carbocycles. The molecular formula is C19H19N3O4S. The number of hydrogen-bond acceptors (Lipinski definition) is 6. The zero-order valence-electron chi connectivity index (χ0n) is 15.0. The van der Waals surface area contributed by atoms with Crippen molar-refractivity contribution in [3.8, 4) is 5.75 Å². The van der Waals surface area contributed by atoms with Crippen LogP contribution in [0, 0.1) is 24.0 Å². The second-order valence-electron chi connectivity index (χ2n) is 6.06. The lowest BCUT2D eigenvalue weighted by molar-refractivity contribution is -0.390. The molecule has 3 rings (SSSR count). The van der Waals surface area contributed by atoms with E-state index < -0.39 is 10.7 Å². The van der Waals surface area contributed by atoms with Crippen molar-refractivity contribution < 1.29 is 14.5 Å². The van der Waals surface area contributed by atoms with Crippen LogP contribution in [0.4, 0.5) is 5.82 Å². The maximum atomic E-state index is 12.6. The number of hydrogen-bond donors (Lipinski definition) is 0. The number of rotatable bonds is 8. The number of nitrogens with zero attached hydrogens (tertiary/aromatic N) is 3. The van der Waals surface area contributed by atoms with Crippen molar-refractivity contribution in [3.63, 3.8) is 0 Å². The van der Waals surface area contributed by atoms with Gasteiger partial charge in [0, 0.05) is 28.4 Å². The highest BCUT2D eigenvalue weighted by Crippen LogP contribution is 2.24. The van der Waals surface area contributed by atoms with Crippen LogP contribution in [-0.2, 0) is 13.0 Å². The molecule has 0 bridgehead atoms. The predicted octanol–water partition coefficient (Wildman–Crippen LogP) is 3.97. The topological polar surface area (TPSA) is 87.3 Å². The van der Waals surface area contributed by atoms with E-state index in [1.54, 1.807) is 11.3 Å². The van der Waals surface area contributed by atoms with E-state index in [0.29, 0.717) is 5.56 Å². The second-order valence-corrected chi connectivity index (χ2v) is 7.09. The molecule has 3 aromatic rings. The summed E-state index contributed by atoms with van der Waals surface area (Å²) >= 11 is 1.72. The fraction of sp³-hybridized carbons (Fsp3) is 0.263. The van der Waals surface area contributed by atoms with Crippen LogP contribution in [0.25, 0.3) is 0 Å². The van der Waals surface area contributed by atoms with Gasteiger partial charge >= 0.3 is 5.82 Å². The molecule has 0 atom stereocenters. The minimum atomic E-state index is -0.629. The number of carbonyl (C=O) groups excluding carboxylic acids is 1. The normalized spacial score (nSPS) is 10.7. The Kier molecular flexibility index (Phi) is 5.66. The molecule has 8 heteroatoms. The van der Waals surface area contributed by atoms with Gasteiger partial charge in [0.25, 0.3) is 0 Å². The molecule has 0 unspecified atom stereocenters. The number of thiophene rings is 1. The van der Waals surface area contributed by atoms with Crippen molar-refractivity contribution in [1.29, 1.82) is 0 Å². The number of Topliss-reactive ketones (excluding diaryl/α,β-unsaturated/α-hetero) is 1. The minimum absolute atomic E-state index is 0.0117. The van der Waals surface area contributed by atoms with Crippen molar-refractivity contribution in [1.82, 2.24) is 9.55 Å². The summed E-state index contributed by atoms with van der Waals surface area (Å²) in [5, 5.41) is 13.0. The number of aromatic nitrogens is 2. The molecule has 7 nitrogen and oxygen atoms in total. The number of aryl methyl sites for hydroxylation is 2. The van der Waals surface area contributed by atoms with E-state index in [4.69, 9.17) is 4.74 Å². The molecular weight excluding hydrogens is 366 g/mol. The summed E-state index contributed by atoms with van der Waals surface area (Å²) in [5.41, 5.74) is 2.45. The lowest BCUT2D eigenvalue weighted by atomic mass is 10.1. The summed E-state index contributed by atoms with van der Waals surface area (Å²) < 4.78 is 7.49. The number of ketones is 1. The molecule has 0 aliphatic carbocycles. The van der Waals surface area contributed by atoms with Gasteiger partial charge in [-0.15, -0.1) is 11.3 Å². The Balaban J connectivity index is 1.70. The minimum Gasteiger partial charge on any atom is -0.477 e. The summed E-state index contributed by atoms with van der Waals surface area (Å²) in [6, 6.07) is 8.93. The van der Waals surface area contributed by atoms with Gasteiger partial charge in [-0.1, -0.05) is 6.07 Å². The number of carbonyl (C=O) groups is 1. The highest BCUT2D eigenvalue weighted by Gasteiger charge is 2.20. The maximum Gasteiger partial charge on any atom is 0.406 e. The molecule has 0 fully saturated rings. The molecule has 3 heterocycles. The molecule has 0 saturated heterocycles. The average molecular weight is 385 g/mol. The molecule has 140 valence electrons. The Bertz CT molecular complexity index is 964. The Labute approximate surface area is 160 Å². The van der Waals surface area contributed by atoms with Gasteiger partial charge < -0.3 is 19.4 Å². The van der Waals surface area contributed by atoms with Crippen molar-refractivity contribution in [2.75, 3.05) is 6.61 Å². The second kappa shape index (κ2) is 8.13. The maximum absolute atomic E-state index is 12.6. The lowest BCUT2D eigenvalue weighted by Crippen LogP contribution is -2.14. The standard InChI is InChI=1S/C19H19N3O4S/c1-13-11-16(14(2)21(13)9-7-15-5-4-10-27-15)17(23)12-26-18-6-3-8-20-19(18)22(24)25/h3-6,8,10-11H,7,9,12H2,1-2H3. The molecule has 0 amide bonds. The van der Waals surface area contributed by atoms with Gasteiger partial charge in [-0.3, -0.25) is 4.79 Å². The fourth-order valence-corrected chi connectivity index (χ4v) is 3.66. The van der Waals surface area contributed by atoms with E-state index in [0.717, 1.165) is 24.4 Å². The highest BCUT2D eigenvalue weighted by molar-refractivity contribution is 7.09. The Morgan fingerprint density at radius 3 is 2.85 bits per heavy atom. The predicted molar refractivity (Wildman–Crippen MR) is 103 cm³/mol. The third-order valence-corrected chi connectivity index (χ3v) is 5.25. The monoisotopic (exact) mass is 385 g/mol. The van der Waals surface area contributed by atoms with Gasteiger partial charge in [0.1, 0.15) is 6.20 Å². The summed E-state index contributed by atoms with van der Waals surface area (Å²) in [4.78, 5) is 27.9. The van der Waals surface area contributed by atoms with E-state index in [1.165, 1.54) is 23.2 Å². The van der Waals surface area contributed by atoms with Crippen LogP contribution in [0.2, 0.25) is 0 Å². The Morgan fingerprint density at radius 1 is 1.33 bits per heavy atom. The summed E-state index contributed by atoms with van der Waals surface area (Å²) in [6.45, 7) is 4.38. The first kappa shape index (κ1) is 18.8. The molecule has 0 aliphatic rings. The summed E-state index contributed by atoms with van der Waals surface area (Å²) in [7, 11) is 0. The van der Waals surface area contributed by atoms with Crippen LogP contribution in [0.15, 0.2) is 41.9 Å². The molecule has 27 heavy (non-hydrogen) atoms. The Hall–Kier alpha value is -3.00. The van der Waals surface area contributed by atoms with E-state index in [1.807, 2.05) is 26.0 Å². The first-order valence-electron chi connectivity index (χ1n) is 8.42. The Morgan fingerprint density at radius 2 is 2.15 bits per heavy atom. The SMILES string of the molecule is Cc1cc(C(=O)COc2cccnc2[N+](=O)[O-])c(C)n1CCc1cccs1. The third-order valence-electron chi connectivity index (χ3n) is 4.32. The molecule has 0 saturated carbocycles. The molecule has 3 aromatic heterocycles. The van der Waals surface area contributed by atoms with Gasteiger partial charge in [0.2, 0.25) is 11.5 Å². The largest absolute Gasteiger partial charge is 0.477 e. The molecule has 0 spiro atoms. The average Bonchev–Trinajstić information content (AvgIpc) is 3.26. The van der Waals surface area contributed by atoms with E-state index in [-0.39, 0.29) is 18.1 Å². The lowest BCUT2D eigenvalue weighted by Gasteiger charge is -2.09. The highest BCUT2D eigenvalue weighted by atomic mass is 32.1. The van der Waals surface area contributed by atoms with Crippen LogP contribution in [-0.4, -0.2) is 26.9 Å². The third kappa shape index (κ3) is 4.22. The van der Waals surface area contributed by atoms with Crippen LogP contribution in [0.3, 0.4) is 0 Å². The van der Waals surface area contributed by atoms with Crippen molar-refractivity contribution >= 4 is 22.9 Å². The van der Waals surface area contributed by atoms with Crippen molar-refractivity contribution in [2.24, 2.45) is 0 Å². The summed E-state index contributed by atoms with van der Waals surface area (Å²) in [6.07, 6.45) is 2.22. The molecule has 0 radical (unpaired) electrons. The molecule has 0 aliphatic heterocycles. The number of ether oxygens (including phenoxy) is 1. The summed E-state index contributed by atoms with van der Waals surface area (Å²) in [5.74, 6) is -0.627. The van der Waals surface area contributed by atoms with Gasteiger partial charge in [0.15, 0.2) is 6.61 Å².